The lowest BCUT2D eigenvalue weighted by Gasteiger charge is -2.39. The number of rotatable bonds is 2. The first kappa shape index (κ1) is 18.6. The number of piperidine rings is 1. The Hall–Kier alpha value is -2.71. The Labute approximate surface area is 162 Å². The number of likely N-dealkylation sites (tertiary alicyclic amines) is 1. The molecular formula is C19H25N5O4. The first-order chi connectivity index (χ1) is 13.2. The van der Waals surface area contributed by atoms with Gasteiger partial charge in [0.1, 0.15) is 11.9 Å². The Kier molecular flexibility index (Phi) is 4.28. The van der Waals surface area contributed by atoms with Crippen LogP contribution in [-0.2, 0) is 21.4 Å². The van der Waals surface area contributed by atoms with Crippen LogP contribution in [0, 0.1) is 6.92 Å². The lowest BCUT2D eigenvalue weighted by molar-refractivity contribution is -0.137. The van der Waals surface area contributed by atoms with Gasteiger partial charge in [-0.15, -0.1) is 0 Å². The second kappa shape index (κ2) is 6.42. The molecule has 1 aromatic rings. The van der Waals surface area contributed by atoms with E-state index in [0.29, 0.717) is 18.9 Å². The molecule has 3 heterocycles. The summed E-state index contributed by atoms with van der Waals surface area (Å²) in [7, 11) is 2.98. The minimum Gasteiger partial charge on any atom is -0.343 e. The van der Waals surface area contributed by atoms with Crippen molar-refractivity contribution in [2.24, 2.45) is 0 Å². The topological polar surface area (TPSA) is 107 Å². The highest BCUT2D eigenvalue weighted by atomic mass is 16.2. The van der Waals surface area contributed by atoms with Crippen molar-refractivity contribution in [3.05, 3.63) is 27.4 Å². The molecule has 4 rings (SSSR count). The van der Waals surface area contributed by atoms with E-state index in [2.05, 4.69) is 9.97 Å². The molecule has 1 spiro atoms. The number of imide groups is 1. The van der Waals surface area contributed by atoms with Gasteiger partial charge in [0.05, 0.1) is 12.1 Å². The zero-order valence-electron chi connectivity index (χ0n) is 16.4. The number of carbonyl (C=O) groups is 3. The van der Waals surface area contributed by atoms with E-state index in [1.807, 2.05) is 0 Å². The number of aryl methyl sites for hydroxylation is 1. The molecule has 0 aromatic carbocycles. The predicted octanol–water partition coefficient (Wildman–Crippen LogP) is 0.167. The summed E-state index contributed by atoms with van der Waals surface area (Å²) in [5, 5.41) is 0. The van der Waals surface area contributed by atoms with Crippen LogP contribution < -0.4 is 5.56 Å². The number of fused-ring (bicyclic) bond motifs is 2. The smallest absolute Gasteiger partial charge is 0.326 e. The molecule has 1 N–H and O–H groups in total. The van der Waals surface area contributed by atoms with E-state index in [9.17, 15) is 19.2 Å². The summed E-state index contributed by atoms with van der Waals surface area (Å²) in [4.78, 5) is 60.6. The molecule has 1 unspecified atom stereocenters. The van der Waals surface area contributed by atoms with Gasteiger partial charge in [-0.3, -0.25) is 19.3 Å². The lowest BCUT2D eigenvalue weighted by Crippen LogP contribution is -2.47. The molecule has 2 aliphatic heterocycles. The minimum absolute atomic E-state index is 0.00598. The van der Waals surface area contributed by atoms with Gasteiger partial charge >= 0.3 is 6.03 Å². The maximum atomic E-state index is 12.8. The van der Waals surface area contributed by atoms with E-state index in [-0.39, 0.29) is 35.2 Å². The second-order valence-corrected chi connectivity index (χ2v) is 8.15. The Balaban J connectivity index is 1.45. The van der Waals surface area contributed by atoms with Crippen LogP contribution in [0.1, 0.15) is 42.8 Å². The summed E-state index contributed by atoms with van der Waals surface area (Å²) in [6.45, 7) is 2.93. The van der Waals surface area contributed by atoms with Crippen molar-refractivity contribution >= 4 is 17.8 Å². The van der Waals surface area contributed by atoms with Crippen molar-refractivity contribution in [2.45, 2.75) is 50.5 Å². The number of hydrogen-bond donors (Lipinski definition) is 1. The van der Waals surface area contributed by atoms with E-state index in [1.54, 1.807) is 18.9 Å². The molecule has 28 heavy (non-hydrogen) atoms. The van der Waals surface area contributed by atoms with Crippen molar-refractivity contribution in [3.8, 4) is 0 Å². The highest BCUT2D eigenvalue weighted by molar-refractivity contribution is 6.05. The molecule has 0 bridgehead atoms. The molecular weight excluding hydrogens is 362 g/mol. The number of amides is 4. The first-order valence-electron chi connectivity index (χ1n) is 9.66. The van der Waals surface area contributed by atoms with E-state index < -0.39 is 6.04 Å². The number of hydrogen-bond acceptors (Lipinski definition) is 5. The third-order valence-corrected chi connectivity index (χ3v) is 6.60. The summed E-state index contributed by atoms with van der Waals surface area (Å²) in [5.74, 6) is 0.175. The van der Waals surface area contributed by atoms with E-state index in [1.165, 1.54) is 11.9 Å². The fourth-order valence-corrected chi connectivity index (χ4v) is 4.81. The molecule has 2 saturated heterocycles. The normalized spacial score (nSPS) is 23.7. The zero-order valence-corrected chi connectivity index (χ0v) is 16.4. The average molecular weight is 387 g/mol. The van der Waals surface area contributed by atoms with Crippen molar-refractivity contribution in [2.75, 3.05) is 27.2 Å². The van der Waals surface area contributed by atoms with Crippen molar-refractivity contribution in [1.82, 2.24) is 24.7 Å². The third kappa shape index (κ3) is 2.71. The highest BCUT2D eigenvalue weighted by Crippen LogP contribution is 2.44. The van der Waals surface area contributed by atoms with E-state index >= 15 is 0 Å². The monoisotopic (exact) mass is 387 g/mol. The molecule has 0 radical (unpaired) electrons. The maximum Gasteiger partial charge on any atom is 0.326 e. The Morgan fingerprint density at radius 3 is 2.46 bits per heavy atom. The summed E-state index contributed by atoms with van der Waals surface area (Å²) in [6, 6.07) is -1.11. The standard InChI is InChI=1S/C19H25N5O4/c1-11-20-15-12(16(26)21-11)4-5-19(15)6-8-24(9-7-19)14(25)10-13-17(27)23(3)18(28)22(13)2/h13H,4-10H2,1-3H3,(H,20,21,26). The van der Waals surface area contributed by atoms with Crippen LogP contribution in [-0.4, -0.2) is 75.7 Å². The number of H-pyrrole nitrogens is 1. The van der Waals surface area contributed by atoms with Gasteiger partial charge in [-0.05, 0) is 32.6 Å². The zero-order chi connectivity index (χ0) is 20.2. The van der Waals surface area contributed by atoms with Gasteiger partial charge in [0.15, 0.2) is 0 Å². The largest absolute Gasteiger partial charge is 0.343 e. The van der Waals surface area contributed by atoms with Crippen LogP contribution >= 0.6 is 0 Å². The van der Waals surface area contributed by atoms with Gasteiger partial charge in [0.2, 0.25) is 5.91 Å². The van der Waals surface area contributed by atoms with Gasteiger partial charge in [0, 0.05) is 38.2 Å². The van der Waals surface area contributed by atoms with Crippen LogP contribution in [0.3, 0.4) is 0 Å². The molecule has 1 aromatic heterocycles. The summed E-state index contributed by atoms with van der Waals surface area (Å²) in [6.07, 6.45) is 3.13. The van der Waals surface area contributed by atoms with Gasteiger partial charge in [-0.1, -0.05) is 0 Å². The Morgan fingerprint density at radius 2 is 1.86 bits per heavy atom. The molecule has 2 fully saturated rings. The number of carbonyl (C=O) groups excluding carboxylic acids is 3. The number of urea groups is 1. The Bertz CT molecular complexity index is 915. The predicted molar refractivity (Wildman–Crippen MR) is 99.7 cm³/mol. The fourth-order valence-electron chi connectivity index (χ4n) is 4.81. The van der Waals surface area contributed by atoms with Crippen LogP contribution in [0.15, 0.2) is 4.79 Å². The summed E-state index contributed by atoms with van der Waals surface area (Å²) >= 11 is 0. The molecule has 1 aliphatic carbocycles. The SMILES string of the molecule is Cc1nc2c(c(=O)[nH]1)CCC21CCN(C(=O)CC2C(=O)N(C)C(=O)N2C)CC1. The van der Waals surface area contributed by atoms with Crippen LogP contribution in [0.5, 0.6) is 0 Å². The molecule has 3 aliphatic rings. The average Bonchev–Trinajstić information content (AvgIpc) is 3.10. The number of nitrogens with one attached hydrogen (secondary N) is 1. The van der Waals surface area contributed by atoms with Gasteiger partial charge < -0.3 is 14.8 Å². The van der Waals surface area contributed by atoms with Crippen LogP contribution in [0.25, 0.3) is 0 Å². The minimum atomic E-state index is -0.726. The second-order valence-electron chi connectivity index (χ2n) is 8.15. The van der Waals surface area contributed by atoms with Gasteiger partial charge in [-0.2, -0.15) is 0 Å². The number of nitrogens with zero attached hydrogens (tertiary/aromatic N) is 4. The third-order valence-electron chi connectivity index (χ3n) is 6.60. The van der Waals surface area contributed by atoms with E-state index in [0.717, 1.165) is 41.8 Å². The van der Waals surface area contributed by atoms with Gasteiger partial charge in [0.25, 0.3) is 11.5 Å². The van der Waals surface area contributed by atoms with E-state index in [4.69, 9.17) is 0 Å². The highest BCUT2D eigenvalue weighted by Gasteiger charge is 2.46. The molecule has 9 heteroatoms. The number of aromatic amines is 1. The van der Waals surface area contributed by atoms with Crippen molar-refractivity contribution in [1.29, 1.82) is 0 Å². The first-order valence-corrected chi connectivity index (χ1v) is 9.66. The summed E-state index contributed by atoms with van der Waals surface area (Å²) in [5.41, 5.74) is 1.50. The fraction of sp³-hybridized carbons (Fsp3) is 0.632. The van der Waals surface area contributed by atoms with Crippen LogP contribution in [0.2, 0.25) is 0 Å². The van der Waals surface area contributed by atoms with Crippen LogP contribution in [0.4, 0.5) is 4.79 Å². The van der Waals surface area contributed by atoms with Crippen molar-refractivity contribution in [3.63, 3.8) is 0 Å². The molecule has 1 atom stereocenters. The summed E-state index contributed by atoms with van der Waals surface area (Å²) < 4.78 is 0. The number of likely N-dealkylation sites (N-methyl/N-ethyl adjacent to an activating group) is 2. The van der Waals surface area contributed by atoms with Crippen molar-refractivity contribution < 1.29 is 14.4 Å². The molecule has 4 amide bonds. The van der Waals surface area contributed by atoms with Gasteiger partial charge in [-0.25, -0.2) is 9.78 Å². The lowest BCUT2D eigenvalue weighted by atomic mass is 9.76. The molecule has 150 valence electrons. The quantitative estimate of drug-likeness (QED) is 0.728. The maximum absolute atomic E-state index is 12.8. The molecule has 0 saturated carbocycles. The molecule has 9 nitrogen and oxygen atoms in total. The Morgan fingerprint density at radius 1 is 1.18 bits per heavy atom. The number of aromatic nitrogens is 2.